The van der Waals surface area contributed by atoms with Crippen molar-refractivity contribution in [2.45, 2.75) is 46.3 Å². The Labute approximate surface area is 199 Å². The molecule has 2 aliphatic rings. The van der Waals surface area contributed by atoms with E-state index in [-0.39, 0.29) is 18.4 Å². The molecule has 34 heavy (non-hydrogen) atoms. The van der Waals surface area contributed by atoms with Gasteiger partial charge in [-0.3, -0.25) is 14.3 Å². The lowest BCUT2D eigenvalue weighted by Crippen LogP contribution is -2.35. The van der Waals surface area contributed by atoms with Crippen LogP contribution in [0.1, 0.15) is 46.9 Å². The fourth-order valence-electron chi connectivity index (χ4n) is 4.66. The predicted octanol–water partition coefficient (Wildman–Crippen LogP) is 3.62. The second-order valence-corrected chi connectivity index (χ2v) is 9.38. The average Bonchev–Trinajstić information content (AvgIpc) is 3.49. The quantitative estimate of drug-likeness (QED) is 0.631. The Morgan fingerprint density at radius 2 is 1.88 bits per heavy atom. The summed E-state index contributed by atoms with van der Waals surface area (Å²) in [4.78, 5) is 34.7. The van der Waals surface area contributed by atoms with Crippen molar-refractivity contribution >= 4 is 23.3 Å². The zero-order chi connectivity index (χ0) is 23.7. The lowest BCUT2D eigenvalue weighted by atomic mass is 9.99. The van der Waals surface area contributed by atoms with Gasteiger partial charge in [0.25, 0.3) is 5.91 Å². The Hall–Kier alpha value is -3.68. The molecule has 2 aromatic heterocycles. The van der Waals surface area contributed by atoms with Gasteiger partial charge in [-0.1, -0.05) is 13.0 Å². The summed E-state index contributed by atoms with van der Waals surface area (Å²) in [6, 6.07) is 11.4. The van der Waals surface area contributed by atoms with Crippen LogP contribution in [0.25, 0.3) is 0 Å². The second-order valence-electron chi connectivity index (χ2n) is 9.38. The van der Waals surface area contributed by atoms with E-state index in [2.05, 4.69) is 22.2 Å². The molecule has 0 aliphatic carbocycles. The van der Waals surface area contributed by atoms with Crippen LogP contribution in [0.5, 0.6) is 0 Å². The predicted molar refractivity (Wildman–Crippen MR) is 130 cm³/mol. The number of hydrogen-bond acceptors (Lipinski definition) is 5. The van der Waals surface area contributed by atoms with Gasteiger partial charge in [0.2, 0.25) is 5.91 Å². The summed E-state index contributed by atoms with van der Waals surface area (Å²) in [6.07, 6.45) is 5.67. The Bertz CT molecular complexity index is 1200. The highest BCUT2D eigenvalue weighted by Crippen LogP contribution is 2.28. The van der Waals surface area contributed by atoms with Gasteiger partial charge >= 0.3 is 0 Å². The van der Waals surface area contributed by atoms with Crippen LogP contribution in [0.3, 0.4) is 0 Å². The zero-order valence-electron chi connectivity index (χ0n) is 19.7. The van der Waals surface area contributed by atoms with E-state index in [1.807, 2.05) is 48.2 Å². The molecule has 5 rings (SSSR count). The maximum Gasteiger partial charge on any atom is 0.259 e. The molecule has 0 bridgehead atoms. The number of rotatable bonds is 5. The number of nitrogens with one attached hydrogen (secondary N) is 1. The Kier molecular flexibility index (Phi) is 6.04. The van der Waals surface area contributed by atoms with Crippen LogP contribution in [0, 0.1) is 12.8 Å². The fraction of sp³-hybridized carbons (Fsp3) is 0.385. The number of aromatic nitrogens is 3. The second kappa shape index (κ2) is 9.29. The number of nitrogens with zero attached hydrogens (tertiary/aromatic N) is 5. The maximum atomic E-state index is 13.3. The van der Waals surface area contributed by atoms with Crippen LogP contribution < -0.4 is 10.2 Å². The van der Waals surface area contributed by atoms with Gasteiger partial charge in [-0.2, -0.15) is 5.10 Å². The molecular formula is C26H30N6O2. The van der Waals surface area contributed by atoms with Crippen molar-refractivity contribution in [3.63, 3.8) is 0 Å². The molecule has 0 atom stereocenters. The SMILES string of the molecule is Cc1ccc(C(=O)Nc2ccc3c(c2)CN(C(=O)Cn2cccn2)C3)c(N2CCC(C)CC2)n1. The molecule has 176 valence electrons. The molecule has 0 spiro atoms. The number of fused-ring (bicyclic) bond motifs is 1. The molecule has 8 nitrogen and oxygen atoms in total. The first kappa shape index (κ1) is 22.1. The lowest BCUT2D eigenvalue weighted by molar-refractivity contribution is -0.132. The summed E-state index contributed by atoms with van der Waals surface area (Å²) < 4.78 is 1.63. The van der Waals surface area contributed by atoms with Gasteiger partial charge in [-0.15, -0.1) is 0 Å². The molecule has 4 heterocycles. The van der Waals surface area contributed by atoms with Crippen molar-refractivity contribution in [3.05, 3.63) is 71.2 Å². The first-order chi connectivity index (χ1) is 16.5. The molecule has 8 heteroatoms. The number of hydrogen-bond donors (Lipinski definition) is 1. The highest BCUT2D eigenvalue weighted by molar-refractivity contribution is 6.07. The highest BCUT2D eigenvalue weighted by Gasteiger charge is 2.25. The number of carbonyl (C=O) groups excluding carboxylic acids is 2. The van der Waals surface area contributed by atoms with Crippen LogP contribution in [-0.4, -0.2) is 44.6 Å². The third-order valence-electron chi connectivity index (χ3n) is 6.74. The molecule has 0 saturated carbocycles. The first-order valence-electron chi connectivity index (χ1n) is 11.9. The van der Waals surface area contributed by atoms with Crippen LogP contribution in [0.2, 0.25) is 0 Å². The number of pyridine rings is 1. The zero-order valence-corrected chi connectivity index (χ0v) is 19.7. The highest BCUT2D eigenvalue weighted by atomic mass is 16.2. The van der Waals surface area contributed by atoms with Crippen LogP contribution in [0.4, 0.5) is 11.5 Å². The molecule has 1 saturated heterocycles. The number of carbonyl (C=O) groups is 2. The minimum absolute atomic E-state index is 0.0247. The molecule has 0 unspecified atom stereocenters. The molecule has 0 radical (unpaired) electrons. The van der Waals surface area contributed by atoms with E-state index in [0.29, 0.717) is 24.6 Å². The van der Waals surface area contributed by atoms with Crippen molar-refractivity contribution < 1.29 is 9.59 Å². The monoisotopic (exact) mass is 458 g/mol. The van der Waals surface area contributed by atoms with E-state index < -0.39 is 0 Å². The third kappa shape index (κ3) is 4.66. The number of amides is 2. The smallest absolute Gasteiger partial charge is 0.259 e. The minimum Gasteiger partial charge on any atom is -0.356 e. The van der Waals surface area contributed by atoms with Crippen molar-refractivity contribution in [1.29, 1.82) is 0 Å². The average molecular weight is 459 g/mol. The number of benzene rings is 1. The van der Waals surface area contributed by atoms with E-state index in [0.717, 1.165) is 54.3 Å². The number of anilines is 2. The summed E-state index contributed by atoms with van der Waals surface area (Å²) in [5.74, 6) is 1.33. The maximum absolute atomic E-state index is 13.3. The molecule has 1 fully saturated rings. The van der Waals surface area contributed by atoms with Crippen molar-refractivity contribution in [2.24, 2.45) is 5.92 Å². The van der Waals surface area contributed by atoms with E-state index in [9.17, 15) is 9.59 Å². The molecule has 3 aromatic rings. The van der Waals surface area contributed by atoms with Gasteiger partial charge in [0.15, 0.2) is 0 Å². The van der Waals surface area contributed by atoms with Crippen LogP contribution in [-0.2, 0) is 24.4 Å². The van der Waals surface area contributed by atoms with Gasteiger partial charge in [0.05, 0.1) is 5.56 Å². The number of aryl methyl sites for hydroxylation is 1. The standard InChI is InChI=1S/C26H30N6O2/c1-18-8-12-30(13-9-18)25-23(7-4-19(2)28-25)26(34)29-22-6-5-20-15-31(16-21(20)14-22)24(33)17-32-11-3-10-27-32/h3-7,10-11,14,18H,8-9,12-13,15-17H2,1-2H3,(H,29,34). The van der Waals surface area contributed by atoms with Crippen molar-refractivity contribution in [3.8, 4) is 0 Å². The summed E-state index contributed by atoms with van der Waals surface area (Å²) in [5.41, 5.74) is 4.38. The minimum atomic E-state index is -0.161. The largest absolute Gasteiger partial charge is 0.356 e. The molecular weight excluding hydrogens is 428 g/mol. The third-order valence-corrected chi connectivity index (χ3v) is 6.74. The van der Waals surface area contributed by atoms with E-state index in [4.69, 9.17) is 4.98 Å². The Morgan fingerprint density at radius 3 is 2.65 bits per heavy atom. The van der Waals surface area contributed by atoms with Gasteiger partial charge in [-0.25, -0.2) is 4.98 Å². The summed E-state index contributed by atoms with van der Waals surface area (Å²) in [6.45, 7) is 7.39. The molecule has 2 aliphatic heterocycles. The van der Waals surface area contributed by atoms with Gasteiger partial charge in [0.1, 0.15) is 12.4 Å². The molecule has 2 amide bonds. The molecule has 1 N–H and O–H groups in total. The Morgan fingerprint density at radius 1 is 1.09 bits per heavy atom. The fourth-order valence-corrected chi connectivity index (χ4v) is 4.66. The van der Waals surface area contributed by atoms with E-state index in [1.54, 1.807) is 17.1 Å². The van der Waals surface area contributed by atoms with Crippen molar-refractivity contribution in [1.82, 2.24) is 19.7 Å². The van der Waals surface area contributed by atoms with Crippen LogP contribution in [0.15, 0.2) is 48.8 Å². The number of piperidine rings is 1. The van der Waals surface area contributed by atoms with Gasteiger partial charge in [-0.05, 0) is 67.1 Å². The summed E-state index contributed by atoms with van der Waals surface area (Å²) in [7, 11) is 0. The Balaban J connectivity index is 1.28. The topological polar surface area (TPSA) is 83.4 Å². The van der Waals surface area contributed by atoms with Crippen molar-refractivity contribution in [2.75, 3.05) is 23.3 Å². The van der Waals surface area contributed by atoms with Gasteiger partial charge in [0, 0.05) is 50.0 Å². The summed E-state index contributed by atoms with van der Waals surface area (Å²) >= 11 is 0. The van der Waals surface area contributed by atoms with E-state index in [1.165, 1.54) is 0 Å². The van der Waals surface area contributed by atoms with Gasteiger partial charge < -0.3 is 15.1 Å². The van der Waals surface area contributed by atoms with E-state index >= 15 is 0 Å². The molecule has 1 aromatic carbocycles. The van der Waals surface area contributed by atoms with Crippen LogP contribution >= 0.6 is 0 Å². The summed E-state index contributed by atoms with van der Waals surface area (Å²) in [5, 5.41) is 7.17. The normalized spacial score (nSPS) is 15.9. The first-order valence-corrected chi connectivity index (χ1v) is 11.9. The lowest BCUT2D eigenvalue weighted by Gasteiger charge is -2.32.